The van der Waals surface area contributed by atoms with E-state index in [9.17, 15) is 14.4 Å². The molecule has 6 heteroatoms. The fourth-order valence-electron chi connectivity index (χ4n) is 9.88. The second-order valence-electron chi connectivity index (χ2n) is 22.4. The topological polar surface area (TPSA) is 78.9 Å². The number of carbonyl (C=O) groups is 3. The van der Waals surface area contributed by atoms with Gasteiger partial charge in [-0.3, -0.25) is 14.4 Å². The second kappa shape index (κ2) is 63.2. The molecule has 0 saturated heterocycles. The molecule has 0 spiro atoms. The first kappa shape index (κ1) is 71.6. The zero-order chi connectivity index (χ0) is 53.6. The van der Waals surface area contributed by atoms with Crippen molar-refractivity contribution < 1.29 is 28.6 Å². The summed E-state index contributed by atoms with van der Waals surface area (Å²) < 4.78 is 16.9. The van der Waals surface area contributed by atoms with E-state index in [-0.39, 0.29) is 31.1 Å². The summed E-state index contributed by atoms with van der Waals surface area (Å²) in [6, 6.07) is 0. The molecule has 0 amide bonds. The number of carbonyl (C=O) groups excluding carboxylic acids is 3. The predicted octanol–water partition coefficient (Wildman–Crippen LogP) is 22.4. The van der Waals surface area contributed by atoms with E-state index in [1.807, 2.05) is 0 Å². The average Bonchev–Trinajstić information content (AvgIpc) is 3.40. The smallest absolute Gasteiger partial charge is 0.306 e. The third kappa shape index (κ3) is 60.5. The molecule has 0 rings (SSSR count). The van der Waals surface area contributed by atoms with Crippen LogP contribution in [-0.4, -0.2) is 37.2 Å². The van der Waals surface area contributed by atoms with Gasteiger partial charge in [-0.05, 0) is 77.0 Å². The summed E-state index contributed by atoms with van der Waals surface area (Å²) in [4.78, 5) is 38.3. The first-order chi connectivity index (χ1) is 36.5. The number of allylic oxidation sites excluding steroid dienone is 6. The van der Waals surface area contributed by atoms with E-state index in [2.05, 4.69) is 57.2 Å². The van der Waals surface area contributed by atoms with Crippen molar-refractivity contribution >= 4 is 17.9 Å². The molecule has 0 fully saturated rings. The van der Waals surface area contributed by atoms with Crippen molar-refractivity contribution in [2.75, 3.05) is 13.2 Å². The Morgan fingerprint density at radius 3 is 0.770 bits per heavy atom. The Balaban J connectivity index is 4.27. The molecule has 0 aliphatic heterocycles. The lowest BCUT2D eigenvalue weighted by molar-refractivity contribution is -0.167. The molecule has 434 valence electrons. The Hall–Kier alpha value is -2.37. The highest BCUT2D eigenvalue weighted by Gasteiger charge is 2.19. The minimum atomic E-state index is -0.774. The number of unbranched alkanes of at least 4 members (excludes halogenated alkanes) is 44. The van der Waals surface area contributed by atoms with Gasteiger partial charge in [0.25, 0.3) is 0 Å². The van der Waals surface area contributed by atoms with Gasteiger partial charge in [0.15, 0.2) is 6.10 Å². The van der Waals surface area contributed by atoms with Gasteiger partial charge in [-0.25, -0.2) is 0 Å². The normalized spacial score (nSPS) is 12.2. The number of rotatable bonds is 61. The molecule has 6 nitrogen and oxygen atoms in total. The summed E-state index contributed by atoms with van der Waals surface area (Å²) in [5.74, 6) is -0.857. The van der Waals surface area contributed by atoms with Crippen molar-refractivity contribution in [2.24, 2.45) is 0 Å². The molecule has 0 N–H and O–H groups in total. The van der Waals surface area contributed by atoms with E-state index in [0.717, 1.165) is 70.6 Å². The Labute approximate surface area is 461 Å². The summed E-state index contributed by atoms with van der Waals surface area (Å²) in [6.07, 6.45) is 77.3. The molecule has 1 unspecified atom stereocenters. The summed E-state index contributed by atoms with van der Waals surface area (Å²) in [6.45, 7) is 6.67. The highest BCUT2D eigenvalue weighted by atomic mass is 16.6. The molecule has 74 heavy (non-hydrogen) atoms. The molecule has 0 bridgehead atoms. The van der Waals surface area contributed by atoms with Crippen LogP contribution in [0.15, 0.2) is 36.5 Å². The maximum atomic E-state index is 12.9. The van der Waals surface area contributed by atoms with Gasteiger partial charge in [-0.2, -0.15) is 0 Å². The van der Waals surface area contributed by atoms with Crippen LogP contribution in [-0.2, 0) is 28.6 Å². The maximum Gasteiger partial charge on any atom is 0.306 e. The van der Waals surface area contributed by atoms with Crippen LogP contribution in [0.3, 0.4) is 0 Å². The lowest BCUT2D eigenvalue weighted by atomic mass is 10.0. The lowest BCUT2D eigenvalue weighted by Crippen LogP contribution is -2.30. The number of ether oxygens (including phenoxy) is 3. The van der Waals surface area contributed by atoms with E-state index in [0.29, 0.717) is 19.3 Å². The minimum absolute atomic E-state index is 0.0715. The standard InChI is InChI=1S/C68H126O6/c1-4-7-10-13-16-19-22-25-27-29-31-33-34-35-37-38-40-43-46-49-52-55-58-61-67(70)73-64-65(63-72-66(69)60-57-54-51-48-45-42-24-21-18-15-12-9-6-3)74-68(71)62-59-56-53-50-47-44-41-39-36-32-30-28-26-23-20-17-14-11-8-5-2/h21-22,24-25,29,31,65H,4-20,23,26-28,30,32-64H2,1-3H3/b24-21-,25-22-,31-29-. The number of hydrogen-bond donors (Lipinski definition) is 0. The van der Waals surface area contributed by atoms with Gasteiger partial charge in [0, 0.05) is 19.3 Å². The van der Waals surface area contributed by atoms with Crippen molar-refractivity contribution in [2.45, 2.75) is 367 Å². The Bertz CT molecular complexity index is 1240. The molecule has 0 aromatic carbocycles. The van der Waals surface area contributed by atoms with Gasteiger partial charge >= 0.3 is 17.9 Å². The number of esters is 3. The fraction of sp³-hybridized carbons (Fsp3) is 0.868. The van der Waals surface area contributed by atoms with Gasteiger partial charge < -0.3 is 14.2 Å². The van der Waals surface area contributed by atoms with Crippen LogP contribution in [0.2, 0.25) is 0 Å². The molecule has 0 aromatic heterocycles. The van der Waals surface area contributed by atoms with Gasteiger partial charge in [0.05, 0.1) is 0 Å². The van der Waals surface area contributed by atoms with Gasteiger partial charge in [0.1, 0.15) is 13.2 Å². The molecule has 1 atom stereocenters. The van der Waals surface area contributed by atoms with E-state index in [1.165, 1.54) is 250 Å². The van der Waals surface area contributed by atoms with Crippen molar-refractivity contribution in [1.82, 2.24) is 0 Å². The quantitative estimate of drug-likeness (QED) is 0.0261. The fourth-order valence-corrected chi connectivity index (χ4v) is 9.88. The highest BCUT2D eigenvalue weighted by molar-refractivity contribution is 5.71. The van der Waals surface area contributed by atoms with Gasteiger partial charge in [-0.1, -0.05) is 301 Å². The number of hydrogen-bond acceptors (Lipinski definition) is 6. The van der Waals surface area contributed by atoms with Crippen LogP contribution in [0.25, 0.3) is 0 Å². The van der Waals surface area contributed by atoms with E-state index >= 15 is 0 Å². The van der Waals surface area contributed by atoms with Crippen LogP contribution >= 0.6 is 0 Å². The molecule has 0 saturated carbocycles. The maximum absolute atomic E-state index is 12.9. The Kier molecular flexibility index (Phi) is 61.1. The summed E-state index contributed by atoms with van der Waals surface area (Å²) in [7, 11) is 0. The van der Waals surface area contributed by atoms with Crippen LogP contribution < -0.4 is 0 Å². The predicted molar refractivity (Wildman–Crippen MR) is 321 cm³/mol. The molecular formula is C68H126O6. The minimum Gasteiger partial charge on any atom is -0.462 e. The average molecular weight is 1040 g/mol. The Morgan fingerprint density at radius 1 is 0.270 bits per heavy atom. The Morgan fingerprint density at radius 2 is 0.486 bits per heavy atom. The first-order valence-corrected chi connectivity index (χ1v) is 33.0. The van der Waals surface area contributed by atoms with Gasteiger partial charge in [-0.15, -0.1) is 0 Å². The summed E-state index contributed by atoms with van der Waals surface area (Å²) >= 11 is 0. The molecule has 0 aromatic rings. The van der Waals surface area contributed by atoms with Crippen LogP contribution in [0.1, 0.15) is 361 Å². The van der Waals surface area contributed by atoms with Crippen LogP contribution in [0.4, 0.5) is 0 Å². The zero-order valence-corrected chi connectivity index (χ0v) is 49.9. The van der Waals surface area contributed by atoms with Crippen molar-refractivity contribution in [3.8, 4) is 0 Å². The third-order valence-electron chi connectivity index (χ3n) is 14.9. The highest BCUT2D eigenvalue weighted by Crippen LogP contribution is 2.18. The van der Waals surface area contributed by atoms with E-state index in [4.69, 9.17) is 14.2 Å². The van der Waals surface area contributed by atoms with Crippen molar-refractivity contribution in [3.05, 3.63) is 36.5 Å². The monoisotopic (exact) mass is 1040 g/mol. The first-order valence-electron chi connectivity index (χ1n) is 33.0. The van der Waals surface area contributed by atoms with Gasteiger partial charge in [0.2, 0.25) is 0 Å². The summed E-state index contributed by atoms with van der Waals surface area (Å²) in [5.41, 5.74) is 0. The van der Waals surface area contributed by atoms with E-state index in [1.54, 1.807) is 0 Å². The zero-order valence-electron chi connectivity index (χ0n) is 49.9. The van der Waals surface area contributed by atoms with E-state index < -0.39 is 6.10 Å². The molecular weight excluding hydrogens is 913 g/mol. The largest absolute Gasteiger partial charge is 0.462 e. The lowest BCUT2D eigenvalue weighted by Gasteiger charge is -2.18. The van der Waals surface area contributed by atoms with Crippen molar-refractivity contribution in [1.29, 1.82) is 0 Å². The molecule has 0 aliphatic rings. The van der Waals surface area contributed by atoms with Crippen molar-refractivity contribution in [3.63, 3.8) is 0 Å². The third-order valence-corrected chi connectivity index (χ3v) is 14.9. The molecule has 0 aliphatic carbocycles. The van der Waals surface area contributed by atoms with Crippen LogP contribution in [0, 0.1) is 0 Å². The molecule has 0 radical (unpaired) electrons. The van der Waals surface area contributed by atoms with Crippen LogP contribution in [0.5, 0.6) is 0 Å². The SMILES string of the molecule is CCCCCC/C=C\CCCCCCCC(=O)OCC(COC(=O)CCCCCCCCCCCCC/C=C\C/C=C\CCCCCCC)OC(=O)CCCCCCCCCCCCCCCCCCCCCC. The summed E-state index contributed by atoms with van der Waals surface area (Å²) in [5, 5.41) is 0. The molecule has 0 heterocycles. The second-order valence-corrected chi connectivity index (χ2v) is 22.4.